The molecule has 1 aromatic heterocycles. The summed E-state index contributed by atoms with van der Waals surface area (Å²) in [5.41, 5.74) is 1.39. The lowest BCUT2D eigenvalue weighted by atomic mass is 10.1. The van der Waals surface area contributed by atoms with Crippen LogP contribution in [0.15, 0.2) is 60.8 Å². The van der Waals surface area contributed by atoms with Crippen LogP contribution < -0.4 is 20.1 Å². The van der Waals surface area contributed by atoms with Gasteiger partial charge >= 0.3 is 0 Å². The summed E-state index contributed by atoms with van der Waals surface area (Å²) in [7, 11) is 2.97. The van der Waals surface area contributed by atoms with E-state index in [-0.39, 0.29) is 11.1 Å². The number of hydrogen-bond acceptors (Lipinski definition) is 5. The van der Waals surface area contributed by atoms with Gasteiger partial charge in [-0.2, -0.15) is 0 Å². The first-order valence-electron chi connectivity index (χ1n) is 8.57. The summed E-state index contributed by atoms with van der Waals surface area (Å²) in [5.74, 6) is -0.0362. The number of anilines is 2. The Morgan fingerprint density at radius 1 is 0.897 bits per heavy atom. The van der Waals surface area contributed by atoms with Crippen molar-refractivity contribution in [3.8, 4) is 11.6 Å². The van der Waals surface area contributed by atoms with Gasteiger partial charge in [-0.3, -0.25) is 9.59 Å². The third-order valence-corrected chi connectivity index (χ3v) is 4.26. The summed E-state index contributed by atoms with van der Waals surface area (Å²) in [4.78, 5) is 29.5. The molecule has 29 heavy (non-hydrogen) atoms. The van der Waals surface area contributed by atoms with Gasteiger partial charge in [0.2, 0.25) is 5.88 Å². The predicted octanol–water partition coefficient (Wildman–Crippen LogP) is 4.26. The molecule has 0 unspecified atom stereocenters. The fraction of sp³-hybridized carbons (Fsp3) is 0.0952. The second-order valence-corrected chi connectivity index (χ2v) is 6.32. The zero-order valence-electron chi connectivity index (χ0n) is 15.7. The number of hydrogen-bond donors (Lipinski definition) is 2. The van der Waals surface area contributed by atoms with Crippen molar-refractivity contribution in [1.82, 2.24) is 4.98 Å². The van der Waals surface area contributed by atoms with E-state index in [9.17, 15) is 9.59 Å². The molecule has 0 saturated heterocycles. The average molecular weight is 412 g/mol. The number of carbonyl (C=O) groups is 2. The molecule has 8 heteroatoms. The smallest absolute Gasteiger partial charge is 0.259 e. The lowest BCUT2D eigenvalue weighted by Crippen LogP contribution is -2.18. The third-order valence-electron chi connectivity index (χ3n) is 4.03. The number of nitrogens with one attached hydrogen (secondary N) is 2. The molecule has 0 fully saturated rings. The van der Waals surface area contributed by atoms with E-state index in [1.54, 1.807) is 48.5 Å². The fourth-order valence-electron chi connectivity index (χ4n) is 2.61. The number of benzene rings is 2. The van der Waals surface area contributed by atoms with Crippen molar-refractivity contribution < 1.29 is 19.1 Å². The van der Waals surface area contributed by atoms with Crippen LogP contribution >= 0.6 is 11.6 Å². The van der Waals surface area contributed by atoms with Gasteiger partial charge < -0.3 is 20.1 Å². The lowest BCUT2D eigenvalue weighted by Gasteiger charge is -2.13. The minimum Gasteiger partial charge on any atom is -0.496 e. The Morgan fingerprint density at radius 3 is 2.34 bits per heavy atom. The second-order valence-electron chi connectivity index (χ2n) is 5.89. The third kappa shape index (κ3) is 4.83. The van der Waals surface area contributed by atoms with Crippen LogP contribution in [0.2, 0.25) is 5.02 Å². The largest absolute Gasteiger partial charge is 0.496 e. The summed E-state index contributed by atoms with van der Waals surface area (Å²) in [5, 5.41) is 5.88. The normalized spacial score (nSPS) is 10.2. The first-order valence-corrected chi connectivity index (χ1v) is 8.95. The van der Waals surface area contributed by atoms with Gasteiger partial charge in [0.25, 0.3) is 11.8 Å². The molecule has 0 bridgehead atoms. The molecule has 0 spiro atoms. The highest BCUT2D eigenvalue weighted by Gasteiger charge is 2.17. The zero-order chi connectivity index (χ0) is 20.8. The van der Waals surface area contributed by atoms with E-state index >= 15 is 0 Å². The van der Waals surface area contributed by atoms with E-state index in [0.29, 0.717) is 28.0 Å². The molecular weight excluding hydrogens is 394 g/mol. The molecule has 7 nitrogen and oxygen atoms in total. The van der Waals surface area contributed by atoms with Gasteiger partial charge in [0.05, 0.1) is 42.9 Å². The van der Waals surface area contributed by atoms with E-state index in [1.165, 1.54) is 26.5 Å². The maximum atomic E-state index is 12.7. The Labute approximate surface area is 172 Å². The van der Waals surface area contributed by atoms with Gasteiger partial charge in [0.15, 0.2) is 0 Å². The number of pyridine rings is 1. The van der Waals surface area contributed by atoms with Crippen LogP contribution in [0.3, 0.4) is 0 Å². The van der Waals surface area contributed by atoms with Crippen molar-refractivity contribution in [2.45, 2.75) is 0 Å². The molecule has 2 N–H and O–H groups in total. The van der Waals surface area contributed by atoms with Gasteiger partial charge in [-0.25, -0.2) is 4.98 Å². The molecule has 2 aromatic carbocycles. The fourth-order valence-corrected chi connectivity index (χ4v) is 2.78. The molecule has 3 aromatic rings. The van der Waals surface area contributed by atoms with Crippen molar-refractivity contribution in [3.05, 3.63) is 76.9 Å². The Kier molecular flexibility index (Phi) is 6.31. The van der Waals surface area contributed by atoms with Gasteiger partial charge in [-0.1, -0.05) is 23.7 Å². The molecule has 148 valence electrons. The van der Waals surface area contributed by atoms with Crippen molar-refractivity contribution in [1.29, 1.82) is 0 Å². The Morgan fingerprint density at radius 2 is 1.66 bits per heavy atom. The number of para-hydroxylation sites is 1. The molecule has 3 rings (SSSR count). The summed E-state index contributed by atoms with van der Waals surface area (Å²) in [6.07, 6.45) is 1.48. The van der Waals surface area contributed by atoms with Crippen molar-refractivity contribution in [2.24, 2.45) is 0 Å². The molecule has 2 amide bonds. The first-order chi connectivity index (χ1) is 14.0. The van der Waals surface area contributed by atoms with Crippen LogP contribution in [-0.4, -0.2) is 31.0 Å². The van der Waals surface area contributed by atoms with Crippen molar-refractivity contribution in [3.63, 3.8) is 0 Å². The molecule has 0 atom stereocenters. The molecule has 0 saturated carbocycles. The number of halogens is 1. The topological polar surface area (TPSA) is 89.6 Å². The van der Waals surface area contributed by atoms with Crippen molar-refractivity contribution in [2.75, 3.05) is 24.9 Å². The highest BCUT2D eigenvalue weighted by Crippen LogP contribution is 2.25. The second kappa shape index (κ2) is 9.07. The quantitative estimate of drug-likeness (QED) is 0.632. The highest BCUT2D eigenvalue weighted by atomic mass is 35.5. The number of amides is 2. The Hall–Kier alpha value is -3.58. The Balaban J connectivity index is 1.82. The number of aromatic nitrogens is 1. The van der Waals surface area contributed by atoms with Gasteiger partial charge in [0.1, 0.15) is 5.75 Å². The zero-order valence-corrected chi connectivity index (χ0v) is 16.5. The van der Waals surface area contributed by atoms with Crippen LogP contribution in [0.4, 0.5) is 11.4 Å². The maximum Gasteiger partial charge on any atom is 0.259 e. The van der Waals surface area contributed by atoms with E-state index in [1.807, 2.05) is 0 Å². The Bertz CT molecular complexity index is 1040. The van der Waals surface area contributed by atoms with E-state index < -0.39 is 11.8 Å². The summed E-state index contributed by atoms with van der Waals surface area (Å²) in [6.45, 7) is 0. The van der Waals surface area contributed by atoms with Crippen LogP contribution in [-0.2, 0) is 0 Å². The number of rotatable bonds is 6. The number of methoxy groups -OCH3 is 2. The monoisotopic (exact) mass is 411 g/mol. The number of carbonyl (C=O) groups excluding carboxylic acids is 2. The molecule has 0 aliphatic rings. The van der Waals surface area contributed by atoms with E-state index in [2.05, 4.69) is 15.6 Å². The standard InChI is InChI=1S/C21H18ClN3O4/c1-28-18-9-7-13(22)11-16(18)21(27)25-17-6-4-3-5-15(17)20(26)24-14-8-10-19(29-2)23-12-14/h3-12H,1-2H3,(H,24,26)(H,25,27). The number of nitrogens with zero attached hydrogens (tertiary/aromatic N) is 1. The number of ether oxygens (including phenoxy) is 2. The lowest BCUT2D eigenvalue weighted by molar-refractivity contribution is 0.102. The van der Waals surface area contributed by atoms with Gasteiger partial charge in [-0.15, -0.1) is 0 Å². The average Bonchev–Trinajstić information content (AvgIpc) is 2.74. The van der Waals surface area contributed by atoms with Crippen LogP contribution in [0.25, 0.3) is 0 Å². The molecule has 0 aliphatic heterocycles. The summed E-state index contributed by atoms with van der Waals surface area (Å²) in [6, 6.07) is 14.7. The van der Waals surface area contributed by atoms with Crippen LogP contribution in [0.5, 0.6) is 11.6 Å². The SMILES string of the molecule is COc1ccc(NC(=O)c2ccccc2NC(=O)c2cc(Cl)ccc2OC)cn1. The molecule has 1 heterocycles. The van der Waals surface area contributed by atoms with Crippen molar-refractivity contribution >= 4 is 34.8 Å². The summed E-state index contributed by atoms with van der Waals surface area (Å²) < 4.78 is 10.2. The van der Waals surface area contributed by atoms with Gasteiger partial charge in [-0.05, 0) is 36.4 Å². The molecule has 0 radical (unpaired) electrons. The van der Waals surface area contributed by atoms with Gasteiger partial charge in [0, 0.05) is 11.1 Å². The molecule has 0 aliphatic carbocycles. The van der Waals surface area contributed by atoms with E-state index in [0.717, 1.165) is 0 Å². The van der Waals surface area contributed by atoms with E-state index in [4.69, 9.17) is 21.1 Å². The minimum absolute atomic E-state index is 0.259. The van der Waals surface area contributed by atoms with Crippen LogP contribution in [0.1, 0.15) is 20.7 Å². The summed E-state index contributed by atoms with van der Waals surface area (Å²) >= 11 is 6.00. The molecular formula is C21H18ClN3O4. The maximum absolute atomic E-state index is 12.7. The highest BCUT2D eigenvalue weighted by molar-refractivity contribution is 6.31. The predicted molar refractivity (Wildman–Crippen MR) is 111 cm³/mol. The van der Waals surface area contributed by atoms with Crippen LogP contribution in [0, 0.1) is 0 Å². The minimum atomic E-state index is -0.448. The first kappa shape index (κ1) is 20.2.